The monoisotopic (exact) mass is 217 g/mol. The molecule has 0 bridgehead atoms. The minimum Gasteiger partial charge on any atom is -0.443 e. The minimum atomic E-state index is -0.588. The highest BCUT2D eigenvalue weighted by atomic mass is 16.6. The van der Waals surface area contributed by atoms with E-state index in [-0.39, 0.29) is 0 Å². The van der Waals surface area contributed by atoms with Crippen LogP contribution in [0, 0.1) is 12.5 Å². The predicted molar refractivity (Wildman–Crippen MR) is 63.6 cm³/mol. The molecule has 0 radical (unpaired) electrons. The second-order valence-corrected chi connectivity index (χ2v) is 4.35. The molecule has 0 aliphatic heterocycles. The summed E-state index contributed by atoms with van der Waals surface area (Å²) in [4.78, 5) is 10.6. The van der Waals surface area contributed by atoms with Gasteiger partial charge in [0.25, 0.3) is 0 Å². The van der Waals surface area contributed by atoms with Gasteiger partial charge in [-0.1, -0.05) is 30.7 Å². The van der Waals surface area contributed by atoms with Gasteiger partial charge in [0.15, 0.2) is 0 Å². The number of ether oxygens (including phenoxy) is 1. The van der Waals surface area contributed by atoms with Gasteiger partial charge in [-0.05, 0) is 31.9 Å². The lowest BCUT2D eigenvalue weighted by Gasteiger charge is -2.18. The first-order valence-electron chi connectivity index (χ1n) is 4.97. The molecule has 2 rings (SSSR count). The fourth-order valence-corrected chi connectivity index (χ4v) is 1.03. The number of amides is 1. The molecule has 1 N–H and O–H groups in total. The Morgan fingerprint density at radius 1 is 1.25 bits per heavy atom. The Bertz CT molecular complexity index is 386. The molecule has 3 nitrogen and oxygen atoms in total. The third kappa shape index (κ3) is 3.66. The first-order chi connectivity index (χ1) is 7.42. The maximum atomic E-state index is 10.6. The number of rotatable bonds is 0. The van der Waals surface area contributed by atoms with Crippen LogP contribution in [0.1, 0.15) is 20.8 Å². The lowest BCUT2D eigenvalue weighted by molar-refractivity contribution is 0.0558. The lowest BCUT2D eigenvalue weighted by atomic mass is 9.95. The Hall–Kier alpha value is -1.95. The molecule has 0 aromatic heterocycles. The molecular weight excluding hydrogens is 202 g/mol. The number of hydrogen-bond donors (Lipinski definition) is 1. The zero-order chi connectivity index (χ0) is 12.2. The zero-order valence-corrected chi connectivity index (χ0v) is 9.70. The van der Waals surface area contributed by atoms with E-state index >= 15 is 0 Å². The van der Waals surface area contributed by atoms with Crippen molar-refractivity contribution in [2.24, 2.45) is 0 Å². The van der Waals surface area contributed by atoms with Gasteiger partial charge in [0.1, 0.15) is 5.60 Å². The van der Waals surface area contributed by atoms with Crippen LogP contribution in [-0.2, 0) is 4.74 Å². The molecule has 0 unspecified atom stereocenters. The molecule has 0 aromatic carbocycles. The van der Waals surface area contributed by atoms with Crippen LogP contribution in [0.3, 0.4) is 0 Å². The SMILES string of the molecule is C#CNC(=O)OC(C)(C)C.c1cc2ccc1-2. The summed E-state index contributed by atoms with van der Waals surface area (Å²) in [6, 6.07) is 10.4. The number of carbonyl (C=O) groups excluding carboxylic acids is 1. The summed E-state index contributed by atoms with van der Waals surface area (Å²) in [6.45, 7) is 5.30. The summed E-state index contributed by atoms with van der Waals surface area (Å²) >= 11 is 0. The van der Waals surface area contributed by atoms with Crippen molar-refractivity contribution in [2.75, 3.05) is 0 Å². The maximum Gasteiger partial charge on any atom is 0.419 e. The number of alkyl carbamates (subject to hydrolysis) is 1. The Labute approximate surface area is 95.8 Å². The van der Waals surface area contributed by atoms with E-state index in [1.807, 2.05) is 6.04 Å². The number of fused-ring (bicyclic) bond motifs is 1. The van der Waals surface area contributed by atoms with Crippen LogP contribution in [-0.4, -0.2) is 11.7 Å². The summed E-state index contributed by atoms with van der Waals surface area (Å²) < 4.78 is 4.79. The smallest absolute Gasteiger partial charge is 0.419 e. The van der Waals surface area contributed by atoms with E-state index in [2.05, 4.69) is 29.6 Å². The summed E-state index contributed by atoms with van der Waals surface area (Å²) in [6.07, 6.45) is 4.20. The largest absolute Gasteiger partial charge is 0.443 e. The minimum absolute atomic E-state index is 0.485. The highest BCUT2D eigenvalue weighted by Crippen LogP contribution is 2.29. The van der Waals surface area contributed by atoms with Crippen LogP contribution in [0.15, 0.2) is 24.3 Å². The first-order valence-corrected chi connectivity index (χ1v) is 4.97. The predicted octanol–water partition coefficient (Wildman–Crippen LogP) is 2.77. The number of benzene rings is 1. The number of terminal acetylenes is 1. The van der Waals surface area contributed by atoms with E-state index < -0.39 is 11.7 Å². The average molecular weight is 217 g/mol. The summed E-state index contributed by atoms with van der Waals surface area (Å²) in [5.41, 5.74) is 2.37. The molecule has 3 heteroatoms. The van der Waals surface area contributed by atoms with E-state index in [9.17, 15) is 4.79 Å². The molecule has 0 fully saturated rings. The number of hydrogen-bond acceptors (Lipinski definition) is 2. The van der Waals surface area contributed by atoms with E-state index in [4.69, 9.17) is 11.2 Å². The molecule has 0 spiro atoms. The highest BCUT2D eigenvalue weighted by Gasteiger charge is 2.14. The van der Waals surface area contributed by atoms with Crippen molar-refractivity contribution >= 4 is 6.09 Å². The van der Waals surface area contributed by atoms with Crippen LogP contribution in [0.4, 0.5) is 4.79 Å². The summed E-state index contributed by atoms with van der Waals surface area (Å²) in [5, 5.41) is 2.07. The van der Waals surface area contributed by atoms with Crippen molar-refractivity contribution in [3.8, 4) is 23.6 Å². The van der Waals surface area contributed by atoms with Crippen LogP contribution in [0.2, 0.25) is 0 Å². The zero-order valence-electron chi connectivity index (χ0n) is 9.70. The van der Waals surface area contributed by atoms with E-state index in [0.717, 1.165) is 0 Å². The van der Waals surface area contributed by atoms with Crippen molar-refractivity contribution in [3.63, 3.8) is 0 Å². The van der Waals surface area contributed by atoms with Crippen molar-refractivity contribution in [1.82, 2.24) is 5.32 Å². The third-order valence-corrected chi connectivity index (χ3v) is 1.79. The van der Waals surface area contributed by atoms with E-state index in [0.29, 0.717) is 0 Å². The Kier molecular flexibility index (Phi) is 3.57. The molecule has 0 atom stereocenters. The molecule has 0 heterocycles. The van der Waals surface area contributed by atoms with E-state index in [1.165, 1.54) is 11.1 Å². The van der Waals surface area contributed by atoms with Crippen LogP contribution in [0.5, 0.6) is 0 Å². The normalized spacial score (nSPS) is 10.4. The molecule has 2 aliphatic rings. The van der Waals surface area contributed by atoms with Crippen molar-refractivity contribution in [1.29, 1.82) is 0 Å². The second kappa shape index (κ2) is 4.71. The molecular formula is C13H15NO2. The van der Waals surface area contributed by atoms with E-state index in [1.54, 1.807) is 20.8 Å². The fraction of sp³-hybridized carbons (Fsp3) is 0.308. The third-order valence-electron chi connectivity index (χ3n) is 1.79. The van der Waals surface area contributed by atoms with Gasteiger partial charge < -0.3 is 4.74 Å². The Morgan fingerprint density at radius 3 is 1.88 bits per heavy atom. The van der Waals surface area contributed by atoms with Gasteiger partial charge in [-0.15, -0.1) is 0 Å². The first kappa shape index (κ1) is 12.1. The number of carbonyl (C=O) groups is 1. The summed E-state index contributed by atoms with van der Waals surface area (Å²) in [7, 11) is 0. The van der Waals surface area contributed by atoms with Crippen LogP contribution >= 0.6 is 0 Å². The highest BCUT2D eigenvalue weighted by molar-refractivity contribution is 5.75. The molecule has 84 valence electrons. The van der Waals surface area contributed by atoms with Crippen LogP contribution < -0.4 is 5.32 Å². The molecule has 1 amide bonds. The molecule has 0 saturated heterocycles. The van der Waals surface area contributed by atoms with Gasteiger partial charge in [0.2, 0.25) is 0 Å². The standard InChI is InChI=1S/C7H11NO2.C6H4/c1-5-8-6(9)10-7(2,3)4;1-2-6-4-3-5(1)6/h1H,2-4H3,(H,8,9);1-4H. The van der Waals surface area contributed by atoms with Crippen molar-refractivity contribution < 1.29 is 9.53 Å². The second-order valence-electron chi connectivity index (χ2n) is 4.35. The quantitative estimate of drug-likeness (QED) is 0.544. The molecule has 2 aliphatic carbocycles. The van der Waals surface area contributed by atoms with Gasteiger partial charge in [-0.3, -0.25) is 0 Å². The van der Waals surface area contributed by atoms with Gasteiger partial charge in [-0.25, -0.2) is 10.1 Å². The lowest BCUT2D eigenvalue weighted by Crippen LogP contribution is -2.29. The van der Waals surface area contributed by atoms with Gasteiger partial charge in [0.05, 0.1) is 0 Å². The van der Waals surface area contributed by atoms with Gasteiger partial charge in [-0.2, -0.15) is 0 Å². The fourth-order valence-electron chi connectivity index (χ4n) is 1.03. The van der Waals surface area contributed by atoms with Gasteiger partial charge >= 0.3 is 6.09 Å². The van der Waals surface area contributed by atoms with Gasteiger partial charge in [0, 0.05) is 6.04 Å². The van der Waals surface area contributed by atoms with Crippen LogP contribution in [0.25, 0.3) is 11.1 Å². The van der Waals surface area contributed by atoms with Crippen molar-refractivity contribution in [2.45, 2.75) is 26.4 Å². The maximum absolute atomic E-state index is 10.6. The Morgan fingerprint density at radius 2 is 1.69 bits per heavy atom. The molecule has 16 heavy (non-hydrogen) atoms. The molecule has 0 aromatic rings. The average Bonchev–Trinajstić information content (AvgIpc) is 2.09. The summed E-state index contributed by atoms with van der Waals surface area (Å²) in [5.74, 6) is 0. The van der Waals surface area contributed by atoms with Crippen molar-refractivity contribution in [3.05, 3.63) is 24.3 Å². The topological polar surface area (TPSA) is 38.3 Å². The number of nitrogens with one attached hydrogen (secondary N) is 1. The Balaban J connectivity index is 0.000000176. The molecule has 0 saturated carbocycles.